The van der Waals surface area contributed by atoms with Gasteiger partial charge in [0.25, 0.3) is 0 Å². The molecule has 1 amide bonds. The van der Waals surface area contributed by atoms with Crippen molar-refractivity contribution in [2.75, 3.05) is 52.9 Å². The standard InChI is InChI=1S/C25H33N3O4S/c1-4-32-24-13-12-23(19-21(24)2)33(30,31)26(3)20-25(29)28-17-15-27(16-18-28)14-8-11-22-9-6-5-7-10-22/h5-13,19H,4,14-18,20H2,1-3H3/b11-8+. The number of carbonyl (C=O) groups is 1. The summed E-state index contributed by atoms with van der Waals surface area (Å²) in [6.07, 6.45) is 4.23. The fourth-order valence-corrected chi connectivity index (χ4v) is 4.94. The van der Waals surface area contributed by atoms with Crippen molar-refractivity contribution < 1.29 is 17.9 Å². The van der Waals surface area contributed by atoms with E-state index in [2.05, 4.69) is 29.2 Å². The summed E-state index contributed by atoms with van der Waals surface area (Å²) in [6.45, 7) is 7.55. The van der Waals surface area contributed by atoms with Crippen molar-refractivity contribution in [1.82, 2.24) is 14.1 Å². The number of carbonyl (C=O) groups excluding carboxylic acids is 1. The Bertz CT molecular complexity index is 1060. The average Bonchev–Trinajstić information content (AvgIpc) is 2.81. The zero-order valence-electron chi connectivity index (χ0n) is 19.6. The second kappa shape index (κ2) is 11.4. The summed E-state index contributed by atoms with van der Waals surface area (Å²) in [5.41, 5.74) is 1.91. The first-order valence-corrected chi connectivity index (χ1v) is 12.7. The van der Waals surface area contributed by atoms with Crippen molar-refractivity contribution in [2.45, 2.75) is 18.7 Å². The van der Waals surface area contributed by atoms with Crippen LogP contribution in [-0.4, -0.2) is 81.4 Å². The molecule has 8 heteroatoms. The first-order chi connectivity index (χ1) is 15.8. The molecule has 0 radical (unpaired) electrons. The van der Waals surface area contributed by atoms with Crippen molar-refractivity contribution in [3.05, 3.63) is 65.7 Å². The number of sulfonamides is 1. The van der Waals surface area contributed by atoms with Crippen LogP contribution in [0, 0.1) is 6.92 Å². The summed E-state index contributed by atoms with van der Waals surface area (Å²) in [5, 5.41) is 0. The van der Waals surface area contributed by atoms with E-state index >= 15 is 0 Å². The molecule has 2 aromatic carbocycles. The monoisotopic (exact) mass is 471 g/mol. The first-order valence-electron chi connectivity index (χ1n) is 11.2. The fourth-order valence-electron chi connectivity index (χ4n) is 3.74. The van der Waals surface area contributed by atoms with Gasteiger partial charge in [-0.15, -0.1) is 0 Å². The average molecular weight is 472 g/mol. The van der Waals surface area contributed by atoms with Crippen LogP contribution in [0.15, 0.2) is 59.5 Å². The Hall–Kier alpha value is -2.68. The highest BCUT2D eigenvalue weighted by Gasteiger charge is 2.27. The van der Waals surface area contributed by atoms with E-state index in [0.29, 0.717) is 25.4 Å². The van der Waals surface area contributed by atoms with Crippen LogP contribution < -0.4 is 4.74 Å². The van der Waals surface area contributed by atoms with Gasteiger partial charge >= 0.3 is 0 Å². The molecular weight excluding hydrogens is 438 g/mol. The molecule has 0 atom stereocenters. The number of aryl methyl sites for hydroxylation is 1. The Labute approximate surface area is 197 Å². The van der Waals surface area contributed by atoms with Gasteiger partial charge in [-0.3, -0.25) is 9.69 Å². The van der Waals surface area contributed by atoms with E-state index in [-0.39, 0.29) is 17.3 Å². The second-order valence-corrected chi connectivity index (χ2v) is 10.2. The molecule has 7 nitrogen and oxygen atoms in total. The summed E-state index contributed by atoms with van der Waals surface area (Å²) in [4.78, 5) is 17.0. The molecular formula is C25H33N3O4S. The van der Waals surface area contributed by atoms with Gasteiger partial charge in [0.2, 0.25) is 15.9 Å². The van der Waals surface area contributed by atoms with Crippen LogP contribution in [0.3, 0.4) is 0 Å². The molecule has 3 rings (SSSR count). The number of likely N-dealkylation sites (N-methyl/N-ethyl adjacent to an activating group) is 1. The third-order valence-corrected chi connectivity index (χ3v) is 7.51. The maximum atomic E-state index is 13.0. The highest BCUT2D eigenvalue weighted by molar-refractivity contribution is 7.89. The quantitative estimate of drug-likeness (QED) is 0.563. The minimum atomic E-state index is -3.77. The maximum absolute atomic E-state index is 13.0. The van der Waals surface area contributed by atoms with E-state index in [9.17, 15) is 13.2 Å². The van der Waals surface area contributed by atoms with E-state index in [0.717, 1.165) is 29.5 Å². The highest BCUT2D eigenvalue weighted by Crippen LogP contribution is 2.23. The summed E-state index contributed by atoms with van der Waals surface area (Å²) in [5.74, 6) is 0.481. The highest BCUT2D eigenvalue weighted by atomic mass is 32.2. The zero-order valence-corrected chi connectivity index (χ0v) is 20.4. The van der Waals surface area contributed by atoms with E-state index < -0.39 is 10.0 Å². The predicted molar refractivity (Wildman–Crippen MR) is 131 cm³/mol. The largest absolute Gasteiger partial charge is 0.494 e. The van der Waals surface area contributed by atoms with Crippen LogP contribution in [-0.2, 0) is 14.8 Å². The lowest BCUT2D eigenvalue weighted by Gasteiger charge is -2.34. The Morgan fingerprint density at radius 1 is 1.09 bits per heavy atom. The van der Waals surface area contributed by atoms with E-state index in [1.807, 2.05) is 32.0 Å². The number of rotatable bonds is 9. The van der Waals surface area contributed by atoms with Gasteiger partial charge in [0.1, 0.15) is 5.75 Å². The van der Waals surface area contributed by atoms with Crippen molar-refractivity contribution in [3.63, 3.8) is 0 Å². The molecule has 0 N–H and O–H groups in total. The van der Waals surface area contributed by atoms with E-state index in [1.54, 1.807) is 17.0 Å². The predicted octanol–water partition coefficient (Wildman–Crippen LogP) is 2.87. The number of ether oxygens (including phenoxy) is 1. The van der Waals surface area contributed by atoms with Crippen LogP contribution in [0.1, 0.15) is 18.1 Å². The summed E-state index contributed by atoms with van der Waals surface area (Å²) in [7, 11) is -2.32. The van der Waals surface area contributed by atoms with Crippen molar-refractivity contribution >= 4 is 22.0 Å². The number of hydrogen-bond donors (Lipinski definition) is 0. The van der Waals surface area contributed by atoms with Crippen molar-refractivity contribution in [3.8, 4) is 5.75 Å². The van der Waals surface area contributed by atoms with Crippen LogP contribution in [0.2, 0.25) is 0 Å². The lowest BCUT2D eigenvalue weighted by molar-refractivity contribution is -0.132. The molecule has 0 unspecified atom stereocenters. The van der Waals surface area contributed by atoms with Crippen LogP contribution in [0.4, 0.5) is 0 Å². The number of benzene rings is 2. The smallest absolute Gasteiger partial charge is 0.243 e. The molecule has 33 heavy (non-hydrogen) atoms. The molecule has 0 bridgehead atoms. The summed E-state index contributed by atoms with van der Waals surface area (Å²) >= 11 is 0. The topological polar surface area (TPSA) is 70.2 Å². The summed E-state index contributed by atoms with van der Waals surface area (Å²) in [6, 6.07) is 14.9. The Morgan fingerprint density at radius 3 is 2.42 bits per heavy atom. The zero-order chi connectivity index (χ0) is 23.8. The number of hydrogen-bond acceptors (Lipinski definition) is 5. The van der Waals surface area contributed by atoms with E-state index in [4.69, 9.17) is 4.74 Å². The molecule has 178 valence electrons. The molecule has 1 fully saturated rings. The molecule has 0 spiro atoms. The molecule has 0 aliphatic carbocycles. The maximum Gasteiger partial charge on any atom is 0.243 e. The van der Waals surface area contributed by atoms with Crippen LogP contribution in [0.25, 0.3) is 6.08 Å². The number of nitrogens with zero attached hydrogens (tertiary/aromatic N) is 3. The SMILES string of the molecule is CCOc1ccc(S(=O)(=O)N(C)CC(=O)N2CCN(C/C=C/c3ccccc3)CC2)cc1C. The molecule has 2 aromatic rings. The normalized spacial score (nSPS) is 15.3. The lowest BCUT2D eigenvalue weighted by atomic mass is 10.2. The Morgan fingerprint density at radius 2 is 1.79 bits per heavy atom. The van der Waals surface area contributed by atoms with Crippen molar-refractivity contribution in [2.24, 2.45) is 0 Å². The van der Waals surface area contributed by atoms with Crippen LogP contribution in [0.5, 0.6) is 5.75 Å². The third-order valence-electron chi connectivity index (χ3n) is 5.71. The lowest BCUT2D eigenvalue weighted by Crippen LogP contribution is -2.51. The molecule has 1 aliphatic heterocycles. The van der Waals surface area contributed by atoms with E-state index in [1.165, 1.54) is 18.7 Å². The van der Waals surface area contributed by atoms with Gasteiger partial charge in [-0.2, -0.15) is 4.31 Å². The molecule has 1 aliphatic rings. The third kappa shape index (κ3) is 6.66. The van der Waals surface area contributed by atoms with Gasteiger partial charge in [-0.1, -0.05) is 42.5 Å². The molecule has 0 saturated carbocycles. The fraction of sp³-hybridized carbons (Fsp3) is 0.400. The van der Waals surface area contributed by atoms with Gasteiger partial charge in [-0.05, 0) is 43.2 Å². The first kappa shape index (κ1) is 25.0. The van der Waals surface area contributed by atoms with Gasteiger partial charge in [-0.25, -0.2) is 8.42 Å². The van der Waals surface area contributed by atoms with Gasteiger partial charge in [0.15, 0.2) is 0 Å². The van der Waals surface area contributed by atoms with Crippen LogP contribution >= 0.6 is 0 Å². The van der Waals surface area contributed by atoms with Gasteiger partial charge in [0, 0.05) is 39.8 Å². The van der Waals surface area contributed by atoms with Crippen molar-refractivity contribution in [1.29, 1.82) is 0 Å². The van der Waals surface area contributed by atoms with Gasteiger partial charge < -0.3 is 9.64 Å². The number of amides is 1. The molecule has 1 saturated heterocycles. The Balaban J connectivity index is 1.50. The molecule has 0 aromatic heterocycles. The number of piperazine rings is 1. The molecule has 1 heterocycles. The second-order valence-electron chi connectivity index (χ2n) is 8.12. The minimum absolute atomic E-state index is 0.161. The Kier molecular flexibility index (Phi) is 8.66. The minimum Gasteiger partial charge on any atom is -0.494 e. The summed E-state index contributed by atoms with van der Waals surface area (Å²) < 4.78 is 32.5. The van der Waals surface area contributed by atoms with Gasteiger partial charge in [0.05, 0.1) is 18.0 Å².